The summed E-state index contributed by atoms with van der Waals surface area (Å²) < 4.78 is 1.32. The Morgan fingerprint density at radius 2 is 2.35 bits per heavy atom. The Bertz CT molecular complexity index is 559. The quantitative estimate of drug-likeness (QED) is 0.695. The lowest BCUT2D eigenvalue weighted by molar-refractivity contribution is 0.179. The lowest BCUT2D eigenvalue weighted by atomic mass is 10.1. The topological polar surface area (TPSA) is 95.3 Å². The molecule has 2 atom stereocenters. The Kier molecular flexibility index (Phi) is 3.10. The summed E-state index contributed by atoms with van der Waals surface area (Å²) in [6, 6.07) is 1.77. The van der Waals surface area contributed by atoms with Crippen molar-refractivity contribution in [2.45, 2.75) is 32.4 Å². The fourth-order valence-electron chi connectivity index (χ4n) is 1.71. The molecule has 17 heavy (non-hydrogen) atoms. The average Bonchev–Trinajstić information content (AvgIpc) is 2.58. The van der Waals surface area contributed by atoms with Crippen LogP contribution >= 0.6 is 0 Å². The van der Waals surface area contributed by atoms with Crippen LogP contribution in [0.25, 0.3) is 5.65 Å². The molecule has 2 heterocycles. The molecule has 0 aliphatic rings. The Morgan fingerprint density at radius 1 is 1.59 bits per heavy atom. The summed E-state index contributed by atoms with van der Waals surface area (Å²) in [5, 5.41) is 18.6. The second-order valence-corrected chi connectivity index (χ2v) is 4.16. The molecule has 0 spiro atoms. The minimum absolute atomic E-state index is 0.0932. The predicted octanol–water partition coefficient (Wildman–Crippen LogP) is -0.0111. The van der Waals surface area contributed by atoms with Crippen molar-refractivity contribution in [1.29, 1.82) is 0 Å². The molecular formula is C10H15N5O2. The Labute approximate surface area is 97.5 Å². The van der Waals surface area contributed by atoms with Crippen LogP contribution in [0, 0.1) is 0 Å². The van der Waals surface area contributed by atoms with Crippen molar-refractivity contribution >= 4 is 11.5 Å². The minimum Gasteiger partial charge on any atom is -0.393 e. The molecule has 0 radical (unpaired) electrons. The first-order valence-corrected chi connectivity index (χ1v) is 5.43. The van der Waals surface area contributed by atoms with Crippen molar-refractivity contribution in [2.24, 2.45) is 0 Å². The number of rotatable bonds is 4. The number of H-pyrrole nitrogens is 1. The van der Waals surface area contributed by atoms with Gasteiger partial charge in [0.25, 0.3) is 0 Å². The molecule has 7 heteroatoms. The molecule has 0 saturated heterocycles. The van der Waals surface area contributed by atoms with E-state index in [1.165, 1.54) is 10.7 Å². The number of hydrogen-bond donors (Lipinski definition) is 3. The largest absolute Gasteiger partial charge is 0.393 e. The first-order valence-electron chi connectivity index (χ1n) is 5.43. The molecule has 7 nitrogen and oxygen atoms in total. The fraction of sp³-hybridized carbons (Fsp3) is 0.500. The molecule has 0 aromatic carbocycles. The third-order valence-electron chi connectivity index (χ3n) is 2.40. The van der Waals surface area contributed by atoms with Gasteiger partial charge in [-0.05, 0) is 20.3 Å². The van der Waals surface area contributed by atoms with E-state index in [1.807, 2.05) is 6.92 Å². The first kappa shape index (κ1) is 11.6. The van der Waals surface area contributed by atoms with E-state index in [9.17, 15) is 9.90 Å². The Morgan fingerprint density at radius 3 is 3.06 bits per heavy atom. The second-order valence-electron chi connectivity index (χ2n) is 4.16. The average molecular weight is 237 g/mol. The van der Waals surface area contributed by atoms with E-state index in [0.717, 1.165) is 0 Å². The summed E-state index contributed by atoms with van der Waals surface area (Å²) in [6.07, 6.45) is 1.67. The van der Waals surface area contributed by atoms with Gasteiger partial charge in [-0.1, -0.05) is 0 Å². The number of aromatic nitrogens is 4. The van der Waals surface area contributed by atoms with Crippen LogP contribution in [0.1, 0.15) is 20.3 Å². The maximum Gasteiger partial charge on any atom is 0.348 e. The molecule has 2 aromatic rings. The smallest absolute Gasteiger partial charge is 0.348 e. The van der Waals surface area contributed by atoms with Crippen molar-refractivity contribution in [3.63, 3.8) is 0 Å². The molecule has 0 bridgehead atoms. The number of anilines is 1. The van der Waals surface area contributed by atoms with Crippen molar-refractivity contribution in [3.05, 3.63) is 22.9 Å². The highest BCUT2D eigenvalue weighted by Crippen LogP contribution is 2.08. The zero-order valence-electron chi connectivity index (χ0n) is 9.71. The van der Waals surface area contributed by atoms with E-state index in [0.29, 0.717) is 17.9 Å². The van der Waals surface area contributed by atoms with Gasteiger partial charge in [-0.15, -0.1) is 0 Å². The zero-order valence-corrected chi connectivity index (χ0v) is 9.71. The van der Waals surface area contributed by atoms with Crippen LogP contribution in [0.2, 0.25) is 0 Å². The molecule has 0 saturated carbocycles. The maximum absolute atomic E-state index is 11.2. The molecule has 0 amide bonds. The number of hydrogen-bond acceptors (Lipinski definition) is 5. The Balaban J connectivity index is 2.16. The Hall–Kier alpha value is -1.89. The molecule has 0 aliphatic heterocycles. The highest BCUT2D eigenvalue weighted by molar-refractivity contribution is 5.48. The van der Waals surface area contributed by atoms with Crippen molar-refractivity contribution in [3.8, 4) is 0 Å². The number of nitrogens with one attached hydrogen (secondary N) is 2. The molecule has 2 rings (SSSR count). The van der Waals surface area contributed by atoms with E-state index < -0.39 is 0 Å². The number of aliphatic hydroxyl groups excluding tert-OH is 1. The van der Waals surface area contributed by atoms with E-state index in [2.05, 4.69) is 20.5 Å². The number of aromatic amines is 1. The highest BCUT2D eigenvalue weighted by Gasteiger charge is 2.08. The van der Waals surface area contributed by atoms with Gasteiger partial charge in [0.2, 0.25) is 0 Å². The van der Waals surface area contributed by atoms with E-state index in [4.69, 9.17) is 0 Å². The van der Waals surface area contributed by atoms with E-state index in [-0.39, 0.29) is 17.8 Å². The van der Waals surface area contributed by atoms with Gasteiger partial charge in [0.1, 0.15) is 12.1 Å². The van der Waals surface area contributed by atoms with Gasteiger partial charge in [0, 0.05) is 12.1 Å². The van der Waals surface area contributed by atoms with Gasteiger partial charge in [-0.3, -0.25) is 0 Å². The van der Waals surface area contributed by atoms with Gasteiger partial charge in [-0.2, -0.15) is 5.10 Å². The van der Waals surface area contributed by atoms with E-state index >= 15 is 0 Å². The molecule has 3 N–H and O–H groups in total. The molecule has 0 fully saturated rings. The lowest BCUT2D eigenvalue weighted by Gasteiger charge is -2.15. The fourth-order valence-corrected chi connectivity index (χ4v) is 1.71. The number of fused-ring (bicyclic) bond motifs is 1. The van der Waals surface area contributed by atoms with Gasteiger partial charge in [0.15, 0.2) is 5.65 Å². The predicted molar refractivity (Wildman–Crippen MR) is 63.0 cm³/mol. The van der Waals surface area contributed by atoms with Crippen LogP contribution in [0.4, 0.5) is 5.82 Å². The number of nitrogens with zero attached hydrogens (tertiary/aromatic N) is 3. The van der Waals surface area contributed by atoms with Crippen molar-refractivity contribution in [2.75, 3.05) is 5.32 Å². The van der Waals surface area contributed by atoms with E-state index in [1.54, 1.807) is 13.0 Å². The summed E-state index contributed by atoms with van der Waals surface area (Å²) in [4.78, 5) is 15.3. The molecule has 0 aliphatic carbocycles. The number of aliphatic hydroxyl groups is 1. The summed E-state index contributed by atoms with van der Waals surface area (Å²) in [7, 11) is 0. The van der Waals surface area contributed by atoms with Crippen molar-refractivity contribution in [1.82, 2.24) is 19.6 Å². The normalized spacial score (nSPS) is 14.8. The summed E-state index contributed by atoms with van der Waals surface area (Å²) >= 11 is 0. The molecular weight excluding hydrogens is 222 g/mol. The first-order chi connectivity index (χ1) is 8.06. The maximum atomic E-state index is 11.2. The third-order valence-corrected chi connectivity index (χ3v) is 2.40. The van der Waals surface area contributed by atoms with Gasteiger partial charge < -0.3 is 10.4 Å². The standard InChI is InChI=1S/C10H15N5O2/c1-6(3-7(2)16)12-8-4-9-13-14-10(17)15(9)5-11-8/h4-7,12,16H,3H2,1-2H3,(H,14,17). The van der Waals surface area contributed by atoms with Crippen LogP contribution in [-0.2, 0) is 0 Å². The monoisotopic (exact) mass is 237 g/mol. The van der Waals surface area contributed by atoms with Crippen LogP contribution in [-0.4, -0.2) is 36.8 Å². The molecule has 2 unspecified atom stereocenters. The third kappa shape index (κ3) is 2.62. The summed E-state index contributed by atoms with van der Waals surface area (Å²) in [5.41, 5.74) is 0.202. The highest BCUT2D eigenvalue weighted by atomic mass is 16.3. The molecule has 92 valence electrons. The van der Waals surface area contributed by atoms with Crippen LogP contribution in [0.3, 0.4) is 0 Å². The minimum atomic E-state index is -0.366. The second kappa shape index (κ2) is 4.54. The zero-order chi connectivity index (χ0) is 12.4. The summed E-state index contributed by atoms with van der Waals surface area (Å²) in [6.45, 7) is 3.69. The van der Waals surface area contributed by atoms with Crippen LogP contribution < -0.4 is 11.0 Å². The summed E-state index contributed by atoms with van der Waals surface area (Å²) in [5.74, 6) is 0.629. The molecule has 2 aromatic heterocycles. The van der Waals surface area contributed by atoms with Crippen LogP contribution in [0.5, 0.6) is 0 Å². The van der Waals surface area contributed by atoms with Crippen LogP contribution in [0.15, 0.2) is 17.2 Å². The van der Waals surface area contributed by atoms with Crippen molar-refractivity contribution < 1.29 is 5.11 Å². The van der Waals surface area contributed by atoms with Gasteiger partial charge >= 0.3 is 5.69 Å². The van der Waals surface area contributed by atoms with Gasteiger partial charge in [-0.25, -0.2) is 19.3 Å². The van der Waals surface area contributed by atoms with Gasteiger partial charge in [0.05, 0.1) is 6.10 Å². The SMILES string of the molecule is CC(O)CC(C)Nc1cc2n[nH]c(=O)n2cn1. The lowest BCUT2D eigenvalue weighted by Crippen LogP contribution is -2.21.